The molecule has 2 aromatic carbocycles. The highest BCUT2D eigenvalue weighted by molar-refractivity contribution is 5.95. The van der Waals surface area contributed by atoms with Crippen LogP contribution in [0, 0.1) is 5.82 Å². The highest BCUT2D eigenvalue weighted by Gasteiger charge is 2.36. The monoisotopic (exact) mass is 463 g/mol. The Kier molecular flexibility index (Phi) is 5.44. The topological polar surface area (TPSA) is 118 Å². The standard InChI is InChI=1S/C23H22FN7O3/c1-29-21-5-3-14(8-16(21)11-26-29)15-2-4-19(20(24)9-15)22(32)27-17-10-18(31(12-17)23(33)34)13-30-7-6-25-28-30/h2-9,11,17-18H,10,12-13H2,1H3,(H,27,32)(H,33,34)/t17-,18+/m1/s1. The van der Waals surface area contributed by atoms with Gasteiger partial charge in [-0.3, -0.25) is 14.2 Å². The summed E-state index contributed by atoms with van der Waals surface area (Å²) in [7, 11) is 1.85. The number of amides is 2. The van der Waals surface area contributed by atoms with Crippen molar-refractivity contribution in [1.82, 2.24) is 35.0 Å². The number of aromatic nitrogens is 5. The number of nitrogens with one attached hydrogen (secondary N) is 1. The number of benzene rings is 2. The number of hydrogen-bond donors (Lipinski definition) is 2. The zero-order chi connectivity index (χ0) is 23.8. The zero-order valence-electron chi connectivity index (χ0n) is 18.3. The van der Waals surface area contributed by atoms with Gasteiger partial charge in [0.05, 0.1) is 36.1 Å². The summed E-state index contributed by atoms with van der Waals surface area (Å²) in [6.45, 7) is 0.439. The summed E-state index contributed by atoms with van der Waals surface area (Å²) in [4.78, 5) is 25.7. The third-order valence-corrected chi connectivity index (χ3v) is 6.16. The first kappa shape index (κ1) is 21.6. The van der Waals surface area contributed by atoms with E-state index in [-0.39, 0.29) is 18.2 Å². The van der Waals surface area contributed by atoms with Crippen molar-refractivity contribution in [2.45, 2.75) is 25.0 Å². The van der Waals surface area contributed by atoms with Crippen molar-refractivity contribution in [2.24, 2.45) is 7.05 Å². The fourth-order valence-corrected chi connectivity index (χ4v) is 4.46. The number of fused-ring (bicyclic) bond motifs is 1. The molecular weight excluding hydrogens is 441 g/mol. The summed E-state index contributed by atoms with van der Waals surface area (Å²) in [5.41, 5.74) is 2.34. The Morgan fingerprint density at radius 1 is 1.21 bits per heavy atom. The van der Waals surface area contributed by atoms with Crippen molar-refractivity contribution < 1.29 is 19.1 Å². The summed E-state index contributed by atoms with van der Waals surface area (Å²) < 4.78 is 18.2. The molecule has 0 radical (unpaired) electrons. The molecule has 4 aromatic rings. The first-order valence-corrected chi connectivity index (χ1v) is 10.8. The zero-order valence-corrected chi connectivity index (χ0v) is 18.3. The van der Waals surface area contributed by atoms with Gasteiger partial charge in [-0.25, -0.2) is 9.18 Å². The molecule has 0 saturated carbocycles. The lowest BCUT2D eigenvalue weighted by atomic mass is 10.0. The fourth-order valence-electron chi connectivity index (χ4n) is 4.46. The molecule has 0 spiro atoms. The molecule has 1 saturated heterocycles. The van der Waals surface area contributed by atoms with Gasteiger partial charge in [-0.15, -0.1) is 5.10 Å². The van der Waals surface area contributed by atoms with Crippen molar-refractivity contribution in [3.8, 4) is 11.1 Å². The van der Waals surface area contributed by atoms with Gasteiger partial charge in [-0.1, -0.05) is 17.3 Å². The first-order chi connectivity index (χ1) is 16.4. The van der Waals surface area contributed by atoms with Gasteiger partial charge in [0.15, 0.2) is 0 Å². The largest absolute Gasteiger partial charge is 0.465 e. The van der Waals surface area contributed by atoms with Crippen LogP contribution in [0.25, 0.3) is 22.0 Å². The van der Waals surface area contributed by atoms with Crippen LogP contribution >= 0.6 is 0 Å². The molecule has 11 heteroatoms. The molecule has 0 unspecified atom stereocenters. The van der Waals surface area contributed by atoms with E-state index in [4.69, 9.17) is 0 Å². The molecule has 1 fully saturated rings. The molecule has 1 aliphatic heterocycles. The number of hydrogen-bond acceptors (Lipinski definition) is 5. The third-order valence-electron chi connectivity index (χ3n) is 6.16. The molecule has 0 aliphatic carbocycles. The number of likely N-dealkylation sites (tertiary alicyclic amines) is 1. The molecular formula is C23H22FN7O3. The van der Waals surface area contributed by atoms with Gasteiger partial charge in [-0.05, 0) is 41.8 Å². The third kappa shape index (κ3) is 4.07. The number of rotatable bonds is 5. The van der Waals surface area contributed by atoms with Crippen LogP contribution in [0.4, 0.5) is 9.18 Å². The number of nitrogens with zero attached hydrogens (tertiary/aromatic N) is 6. The highest BCUT2D eigenvalue weighted by Crippen LogP contribution is 2.26. The Morgan fingerprint density at radius 3 is 2.74 bits per heavy atom. The van der Waals surface area contributed by atoms with Crippen molar-refractivity contribution >= 4 is 22.9 Å². The van der Waals surface area contributed by atoms with E-state index in [1.54, 1.807) is 27.8 Å². The Balaban J connectivity index is 1.30. The number of carbonyl (C=O) groups is 2. The van der Waals surface area contributed by atoms with Gasteiger partial charge >= 0.3 is 6.09 Å². The lowest BCUT2D eigenvalue weighted by Gasteiger charge is -2.20. The normalized spacial score (nSPS) is 17.9. The lowest BCUT2D eigenvalue weighted by Crippen LogP contribution is -2.39. The molecule has 34 heavy (non-hydrogen) atoms. The summed E-state index contributed by atoms with van der Waals surface area (Å²) >= 11 is 0. The van der Waals surface area contributed by atoms with Crippen LogP contribution in [0.15, 0.2) is 55.0 Å². The van der Waals surface area contributed by atoms with E-state index in [1.807, 2.05) is 25.2 Å². The quantitative estimate of drug-likeness (QED) is 0.470. The maximum Gasteiger partial charge on any atom is 0.407 e. The molecule has 3 heterocycles. The van der Waals surface area contributed by atoms with Gasteiger partial charge in [0.25, 0.3) is 5.91 Å². The van der Waals surface area contributed by atoms with Crippen molar-refractivity contribution in [2.75, 3.05) is 6.54 Å². The SMILES string of the molecule is Cn1ncc2cc(-c3ccc(C(=O)N[C@@H]4C[C@@H](Cn5ccnn5)N(C(=O)O)C4)c(F)c3)ccc21. The molecule has 2 atom stereocenters. The Labute approximate surface area is 193 Å². The van der Waals surface area contributed by atoms with E-state index < -0.39 is 23.9 Å². The van der Waals surface area contributed by atoms with Gasteiger partial charge in [0.1, 0.15) is 5.82 Å². The van der Waals surface area contributed by atoms with Crippen molar-refractivity contribution in [3.63, 3.8) is 0 Å². The van der Waals surface area contributed by atoms with Gasteiger partial charge in [0, 0.05) is 31.2 Å². The highest BCUT2D eigenvalue weighted by atomic mass is 19.1. The fraction of sp³-hybridized carbons (Fsp3) is 0.261. The molecule has 0 bridgehead atoms. The number of aryl methyl sites for hydroxylation is 1. The minimum absolute atomic E-state index is 0.0900. The summed E-state index contributed by atoms with van der Waals surface area (Å²) in [5.74, 6) is -1.22. The average molecular weight is 463 g/mol. The molecule has 5 rings (SSSR count). The number of halogens is 1. The molecule has 174 valence electrons. The predicted octanol–water partition coefficient (Wildman–Crippen LogP) is 2.52. The van der Waals surface area contributed by atoms with Crippen molar-refractivity contribution in [1.29, 1.82) is 0 Å². The second-order valence-electron chi connectivity index (χ2n) is 8.36. The van der Waals surface area contributed by atoms with Crippen LogP contribution in [-0.2, 0) is 13.6 Å². The maximum absolute atomic E-state index is 14.9. The second-order valence-corrected chi connectivity index (χ2v) is 8.36. The lowest BCUT2D eigenvalue weighted by molar-refractivity contribution is 0.0931. The minimum atomic E-state index is -1.08. The van der Waals surface area contributed by atoms with Crippen LogP contribution in [0.3, 0.4) is 0 Å². The van der Waals surface area contributed by atoms with E-state index in [0.717, 1.165) is 16.5 Å². The van der Waals surface area contributed by atoms with Gasteiger partial charge in [0.2, 0.25) is 0 Å². The molecule has 2 aromatic heterocycles. The minimum Gasteiger partial charge on any atom is -0.465 e. The van der Waals surface area contributed by atoms with E-state index >= 15 is 0 Å². The Morgan fingerprint density at radius 2 is 2.00 bits per heavy atom. The van der Waals surface area contributed by atoms with Gasteiger partial charge in [-0.2, -0.15) is 5.10 Å². The maximum atomic E-state index is 14.9. The molecule has 2 amide bonds. The Bertz CT molecular complexity index is 1370. The van der Waals surface area contributed by atoms with Gasteiger partial charge < -0.3 is 15.3 Å². The summed E-state index contributed by atoms with van der Waals surface area (Å²) in [6, 6.07) is 9.38. The van der Waals surface area contributed by atoms with E-state index in [0.29, 0.717) is 18.5 Å². The first-order valence-electron chi connectivity index (χ1n) is 10.8. The molecule has 2 N–H and O–H groups in total. The summed E-state index contributed by atoms with van der Waals surface area (Å²) in [5, 5.41) is 25.1. The van der Waals surface area contributed by atoms with E-state index in [2.05, 4.69) is 20.7 Å². The molecule has 1 aliphatic rings. The number of carbonyl (C=O) groups excluding carboxylic acids is 1. The molecule has 10 nitrogen and oxygen atoms in total. The average Bonchev–Trinajstić information content (AvgIpc) is 3.55. The van der Waals surface area contributed by atoms with Crippen LogP contribution < -0.4 is 5.32 Å². The van der Waals surface area contributed by atoms with Crippen LogP contribution in [0.1, 0.15) is 16.8 Å². The van der Waals surface area contributed by atoms with E-state index in [1.165, 1.54) is 23.2 Å². The number of carboxylic acid groups (broad SMARTS) is 1. The van der Waals surface area contributed by atoms with E-state index in [9.17, 15) is 19.1 Å². The van der Waals surface area contributed by atoms with Crippen molar-refractivity contribution in [3.05, 3.63) is 66.4 Å². The Hall–Kier alpha value is -4.28. The summed E-state index contributed by atoms with van der Waals surface area (Å²) in [6.07, 6.45) is 4.22. The van der Waals surface area contributed by atoms with Crippen LogP contribution in [0.2, 0.25) is 0 Å². The van der Waals surface area contributed by atoms with Crippen LogP contribution in [-0.4, -0.2) is 65.4 Å². The van der Waals surface area contributed by atoms with Crippen LogP contribution in [0.5, 0.6) is 0 Å². The second kappa shape index (κ2) is 8.58. The smallest absolute Gasteiger partial charge is 0.407 e. The predicted molar refractivity (Wildman–Crippen MR) is 121 cm³/mol.